The standard InChI is InChI=1S/C16H26N4O/c1-16(2,3)13-8-11(9-14(17)19-13)15(21)18-12-6-5-7-20(4)10-12/h8-9,12H,5-7,10H2,1-4H3,(H2,17,19)(H,18,21). The number of aromatic nitrogens is 1. The number of carbonyl (C=O) groups is 1. The number of nitrogens with one attached hydrogen (secondary N) is 1. The number of amides is 1. The molecule has 2 rings (SSSR count). The number of nitrogens with two attached hydrogens (primary N) is 1. The molecule has 5 heteroatoms. The summed E-state index contributed by atoms with van der Waals surface area (Å²) in [7, 11) is 2.08. The lowest BCUT2D eigenvalue weighted by atomic mass is 9.90. The predicted octanol–water partition coefficient (Wildman–Crippen LogP) is 1.79. The highest BCUT2D eigenvalue weighted by Gasteiger charge is 2.22. The first-order valence-electron chi connectivity index (χ1n) is 7.53. The molecular weight excluding hydrogens is 264 g/mol. The topological polar surface area (TPSA) is 71.2 Å². The van der Waals surface area contributed by atoms with E-state index in [9.17, 15) is 4.79 Å². The number of piperidine rings is 1. The molecule has 1 aliphatic heterocycles. The zero-order chi connectivity index (χ0) is 15.6. The molecule has 1 amide bonds. The van der Waals surface area contributed by atoms with Crippen molar-refractivity contribution in [3.05, 3.63) is 23.4 Å². The van der Waals surface area contributed by atoms with Gasteiger partial charge in [-0.1, -0.05) is 20.8 Å². The highest BCUT2D eigenvalue weighted by molar-refractivity contribution is 5.95. The Labute approximate surface area is 126 Å². The Hall–Kier alpha value is -1.62. The minimum absolute atomic E-state index is 0.0603. The zero-order valence-electron chi connectivity index (χ0n) is 13.4. The monoisotopic (exact) mass is 290 g/mol. The van der Waals surface area contributed by atoms with Gasteiger partial charge in [0.2, 0.25) is 0 Å². The quantitative estimate of drug-likeness (QED) is 0.871. The molecule has 21 heavy (non-hydrogen) atoms. The van der Waals surface area contributed by atoms with E-state index in [1.54, 1.807) is 6.07 Å². The number of nitrogen functional groups attached to an aromatic ring is 1. The Balaban J connectivity index is 2.13. The maximum Gasteiger partial charge on any atom is 0.251 e. The van der Waals surface area contributed by atoms with Gasteiger partial charge in [-0.15, -0.1) is 0 Å². The number of likely N-dealkylation sites (N-methyl/N-ethyl adjacent to an activating group) is 1. The van der Waals surface area contributed by atoms with Crippen LogP contribution in [-0.4, -0.2) is 42.0 Å². The summed E-state index contributed by atoms with van der Waals surface area (Å²) >= 11 is 0. The normalized spacial score (nSPS) is 20.3. The molecule has 2 heterocycles. The van der Waals surface area contributed by atoms with Gasteiger partial charge in [-0.3, -0.25) is 4.79 Å². The number of hydrogen-bond acceptors (Lipinski definition) is 4. The van der Waals surface area contributed by atoms with Gasteiger partial charge >= 0.3 is 0 Å². The van der Waals surface area contributed by atoms with Crippen molar-refractivity contribution in [2.75, 3.05) is 25.9 Å². The summed E-state index contributed by atoms with van der Waals surface area (Å²) in [5.74, 6) is 0.336. The summed E-state index contributed by atoms with van der Waals surface area (Å²) in [4.78, 5) is 19.0. The number of pyridine rings is 1. The average Bonchev–Trinajstić information content (AvgIpc) is 2.37. The van der Waals surface area contributed by atoms with Crippen LogP contribution in [0.1, 0.15) is 49.7 Å². The van der Waals surface area contributed by atoms with E-state index < -0.39 is 0 Å². The van der Waals surface area contributed by atoms with Gasteiger partial charge in [0.1, 0.15) is 5.82 Å². The summed E-state index contributed by atoms with van der Waals surface area (Å²) in [6, 6.07) is 3.71. The second-order valence-corrected chi connectivity index (χ2v) is 6.99. The van der Waals surface area contributed by atoms with Crippen LogP contribution in [-0.2, 0) is 5.41 Å². The summed E-state index contributed by atoms with van der Waals surface area (Å²) in [6.45, 7) is 8.19. The highest BCUT2D eigenvalue weighted by Crippen LogP contribution is 2.22. The second kappa shape index (κ2) is 6.02. The number of rotatable bonds is 2. The molecule has 1 atom stereocenters. The third-order valence-electron chi connectivity index (χ3n) is 3.84. The van der Waals surface area contributed by atoms with Crippen LogP contribution in [0.3, 0.4) is 0 Å². The minimum atomic E-state index is -0.129. The maximum absolute atomic E-state index is 12.4. The Morgan fingerprint density at radius 3 is 2.76 bits per heavy atom. The molecule has 0 aromatic carbocycles. The lowest BCUT2D eigenvalue weighted by Crippen LogP contribution is -2.46. The minimum Gasteiger partial charge on any atom is -0.384 e. The van der Waals surface area contributed by atoms with E-state index in [-0.39, 0.29) is 17.4 Å². The van der Waals surface area contributed by atoms with Crippen LogP contribution < -0.4 is 11.1 Å². The maximum atomic E-state index is 12.4. The molecule has 1 fully saturated rings. The van der Waals surface area contributed by atoms with Gasteiger partial charge < -0.3 is 16.0 Å². The number of likely N-dealkylation sites (tertiary alicyclic amines) is 1. The van der Waals surface area contributed by atoms with Crippen LogP contribution in [0.5, 0.6) is 0 Å². The van der Waals surface area contributed by atoms with Crippen molar-refractivity contribution in [1.29, 1.82) is 0 Å². The van der Waals surface area contributed by atoms with Gasteiger partial charge in [0.25, 0.3) is 5.91 Å². The lowest BCUT2D eigenvalue weighted by Gasteiger charge is -2.30. The molecule has 0 saturated carbocycles. The van der Waals surface area contributed by atoms with Crippen LogP contribution in [0.2, 0.25) is 0 Å². The van der Waals surface area contributed by atoms with E-state index in [0.717, 1.165) is 31.6 Å². The van der Waals surface area contributed by atoms with Crippen molar-refractivity contribution >= 4 is 11.7 Å². The molecule has 1 aromatic rings. The zero-order valence-corrected chi connectivity index (χ0v) is 13.4. The third kappa shape index (κ3) is 4.17. The largest absolute Gasteiger partial charge is 0.384 e. The van der Waals surface area contributed by atoms with Crippen molar-refractivity contribution in [3.63, 3.8) is 0 Å². The summed E-state index contributed by atoms with van der Waals surface area (Å²) < 4.78 is 0. The molecule has 1 saturated heterocycles. The first-order chi connectivity index (χ1) is 9.75. The van der Waals surface area contributed by atoms with E-state index in [1.165, 1.54) is 0 Å². The van der Waals surface area contributed by atoms with Gasteiger partial charge in [0.05, 0.1) is 0 Å². The first-order valence-corrected chi connectivity index (χ1v) is 7.53. The van der Waals surface area contributed by atoms with E-state index in [4.69, 9.17) is 5.73 Å². The van der Waals surface area contributed by atoms with Crippen molar-refractivity contribution in [2.45, 2.75) is 45.1 Å². The molecule has 1 aliphatic rings. The Bertz CT molecular complexity index is 521. The van der Waals surface area contributed by atoms with Crippen LogP contribution in [0.4, 0.5) is 5.82 Å². The Kier molecular flexibility index (Phi) is 4.52. The SMILES string of the molecule is CN1CCCC(NC(=O)c2cc(N)nc(C(C)(C)C)c2)C1. The van der Waals surface area contributed by atoms with Crippen LogP contribution in [0.25, 0.3) is 0 Å². The fourth-order valence-electron chi connectivity index (χ4n) is 2.62. The van der Waals surface area contributed by atoms with Crippen LogP contribution in [0, 0.1) is 0 Å². The van der Waals surface area contributed by atoms with Gasteiger partial charge in [0, 0.05) is 29.3 Å². The molecule has 5 nitrogen and oxygen atoms in total. The molecule has 0 bridgehead atoms. The van der Waals surface area contributed by atoms with Crippen LogP contribution >= 0.6 is 0 Å². The molecule has 0 radical (unpaired) electrons. The first kappa shape index (κ1) is 15.8. The molecule has 3 N–H and O–H groups in total. The molecule has 116 valence electrons. The Morgan fingerprint density at radius 2 is 2.14 bits per heavy atom. The van der Waals surface area contributed by atoms with Crippen molar-refractivity contribution < 1.29 is 4.79 Å². The van der Waals surface area contributed by atoms with Gasteiger partial charge in [-0.25, -0.2) is 4.98 Å². The number of hydrogen-bond donors (Lipinski definition) is 2. The summed E-state index contributed by atoms with van der Waals surface area (Å²) in [6.07, 6.45) is 2.15. The number of anilines is 1. The second-order valence-electron chi connectivity index (χ2n) is 6.99. The fourth-order valence-corrected chi connectivity index (χ4v) is 2.62. The fraction of sp³-hybridized carbons (Fsp3) is 0.625. The third-order valence-corrected chi connectivity index (χ3v) is 3.84. The van der Waals surface area contributed by atoms with Crippen molar-refractivity contribution in [3.8, 4) is 0 Å². The number of nitrogens with zero attached hydrogens (tertiary/aromatic N) is 2. The van der Waals surface area contributed by atoms with Gasteiger partial charge in [-0.05, 0) is 38.6 Å². The van der Waals surface area contributed by atoms with Gasteiger partial charge in [-0.2, -0.15) is 0 Å². The van der Waals surface area contributed by atoms with Crippen LogP contribution in [0.15, 0.2) is 12.1 Å². The average molecular weight is 290 g/mol. The van der Waals surface area contributed by atoms with Gasteiger partial charge in [0.15, 0.2) is 0 Å². The molecule has 1 aromatic heterocycles. The smallest absolute Gasteiger partial charge is 0.251 e. The molecule has 0 spiro atoms. The van der Waals surface area contributed by atoms with E-state index in [2.05, 4.69) is 43.0 Å². The highest BCUT2D eigenvalue weighted by atomic mass is 16.1. The molecule has 1 unspecified atom stereocenters. The number of carbonyl (C=O) groups excluding carboxylic acids is 1. The van der Waals surface area contributed by atoms with E-state index >= 15 is 0 Å². The Morgan fingerprint density at radius 1 is 1.43 bits per heavy atom. The van der Waals surface area contributed by atoms with Crippen molar-refractivity contribution in [1.82, 2.24) is 15.2 Å². The molecule has 0 aliphatic carbocycles. The molecular formula is C16H26N4O. The summed E-state index contributed by atoms with van der Waals surface area (Å²) in [5.41, 5.74) is 7.16. The van der Waals surface area contributed by atoms with E-state index in [1.807, 2.05) is 6.07 Å². The lowest BCUT2D eigenvalue weighted by molar-refractivity contribution is 0.0912. The predicted molar refractivity (Wildman–Crippen MR) is 85.3 cm³/mol. The van der Waals surface area contributed by atoms with E-state index in [0.29, 0.717) is 11.4 Å². The van der Waals surface area contributed by atoms with Crippen molar-refractivity contribution in [2.24, 2.45) is 0 Å². The summed E-state index contributed by atoms with van der Waals surface area (Å²) in [5, 5.41) is 3.11.